The molecule has 86 valence electrons. The van der Waals surface area contributed by atoms with E-state index in [-0.39, 0.29) is 4.31 Å². The third-order valence-corrected chi connectivity index (χ3v) is 6.31. The summed E-state index contributed by atoms with van der Waals surface area (Å²) in [6.07, 6.45) is 3.16. The van der Waals surface area contributed by atoms with Crippen LogP contribution in [0.3, 0.4) is 0 Å². The van der Waals surface area contributed by atoms with Crippen LogP contribution in [0.25, 0.3) is 0 Å². The van der Waals surface area contributed by atoms with Gasteiger partial charge < -0.3 is 0 Å². The molecule has 0 aromatic heterocycles. The summed E-state index contributed by atoms with van der Waals surface area (Å²) in [5, 5.41) is 0. The van der Waals surface area contributed by atoms with Crippen LogP contribution in [0.15, 0.2) is 10.5 Å². The average molecular weight is 294 g/mol. The van der Waals surface area contributed by atoms with E-state index >= 15 is 0 Å². The summed E-state index contributed by atoms with van der Waals surface area (Å²) in [7, 11) is 0. The number of aldehydes is 1. The average Bonchev–Trinajstić information content (AvgIpc) is 2.47. The van der Waals surface area contributed by atoms with Gasteiger partial charge in [-0.05, 0) is 0 Å². The molecule has 0 N–H and O–H groups in total. The van der Waals surface area contributed by atoms with Gasteiger partial charge in [0.25, 0.3) is 0 Å². The van der Waals surface area contributed by atoms with Crippen LogP contribution in [0.2, 0.25) is 4.31 Å². The Hall–Kier alpha value is 0.219. The second-order valence-electron chi connectivity index (χ2n) is 4.64. The Kier molecular flexibility index (Phi) is 4.89. The molecule has 15 heavy (non-hydrogen) atoms. The molecule has 0 fully saturated rings. The normalized spacial score (nSPS) is 30.7. The first kappa shape index (κ1) is 13.3. The zero-order valence-corrected chi connectivity index (χ0v) is 12.1. The molecule has 0 radical (unpaired) electrons. The third kappa shape index (κ3) is 2.87. The molecule has 0 saturated carbocycles. The Bertz CT molecular complexity index is 262. The van der Waals surface area contributed by atoms with Crippen LogP contribution in [0, 0.1) is 11.8 Å². The van der Waals surface area contributed by atoms with Gasteiger partial charge in [0.2, 0.25) is 0 Å². The van der Waals surface area contributed by atoms with Gasteiger partial charge in [-0.25, -0.2) is 0 Å². The number of allylic oxidation sites excluding steroid dienone is 1. The van der Waals surface area contributed by atoms with E-state index in [0.29, 0.717) is 32.7 Å². The number of hydrogen-bond donors (Lipinski definition) is 0. The first-order valence-electron chi connectivity index (χ1n) is 5.44. The van der Waals surface area contributed by atoms with Gasteiger partial charge in [0.05, 0.1) is 0 Å². The molecule has 1 aliphatic rings. The van der Waals surface area contributed by atoms with Gasteiger partial charge in [0.15, 0.2) is 0 Å². The van der Waals surface area contributed by atoms with Crippen LogP contribution in [0.1, 0.15) is 33.6 Å². The summed E-state index contributed by atoms with van der Waals surface area (Å²) in [6, 6.07) is 0. The molecule has 0 aliphatic carbocycles. The van der Waals surface area contributed by atoms with Crippen molar-refractivity contribution in [3.8, 4) is 0 Å². The van der Waals surface area contributed by atoms with E-state index in [1.165, 1.54) is 11.9 Å². The van der Waals surface area contributed by atoms with Crippen molar-refractivity contribution >= 4 is 32.8 Å². The Morgan fingerprint density at radius 3 is 2.80 bits per heavy atom. The molecule has 0 aromatic carbocycles. The van der Waals surface area contributed by atoms with Crippen molar-refractivity contribution in [3.63, 3.8) is 0 Å². The topological polar surface area (TPSA) is 17.1 Å². The number of rotatable bonds is 5. The molecule has 3 heteroatoms. The summed E-state index contributed by atoms with van der Waals surface area (Å²) in [4.78, 5) is 13.7. The number of halogens is 1. The van der Waals surface area contributed by atoms with Crippen molar-refractivity contribution in [2.24, 2.45) is 11.8 Å². The third-order valence-electron chi connectivity index (χ3n) is 3.03. The number of carbonyl (C=O) groups excluding carboxylic acids is 1. The zero-order chi connectivity index (χ0) is 11.5. The van der Waals surface area contributed by atoms with Crippen molar-refractivity contribution in [2.45, 2.75) is 37.9 Å². The Morgan fingerprint density at radius 2 is 2.33 bits per heavy atom. The van der Waals surface area contributed by atoms with Crippen molar-refractivity contribution in [1.82, 2.24) is 0 Å². The SMILES string of the molecule is CC(C)CC1(C=O)[Se]C=C(CCCl)C1C. The van der Waals surface area contributed by atoms with Crippen LogP contribution in [-0.2, 0) is 4.79 Å². The standard InChI is InChI=1S/C12H19ClOSe/c1-9(2)6-12(8-14)10(3)11(4-5-13)7-15-12/h7-10H,4-6H2,1-3H3. The van der Waals surface area contributed by atoms with Gasteiger partial charge in [-0.2, -0.15) is 0 Å². The molecule has 1 nitrogen and oxygen atoms in total. The van der Waals surface area contributed by atoms with Gasteiger partial charge in [-0.3, -0.25) is 0 Å². The van der Waals surface area contributed by atoms with Crippen molar-refractivity contribution < 1.29 is 4.79 Å². The Morgan fingerprint density at radius 1 is 1.67 bits per heavy atom. The molecule has 2 unspecified atom stereocenters. The predicted molar refractivity (Wildman–Crippen MR) is 66.6 cm³/mol. The second kappa shape index (κ2) is 5.52. The van der Waals surface area contributed by atoms with Crippen molar-refractivity contribution in [1.29, 1.82) is 0 Å². The molecule has 0 aromatic rings. The van der Waals surface area contributed by atoms with Crippen LogP contribution in [0.5, 0.6) is 0 Å². The molecule has 1 rings (SSSR count). The van der Waals surface area contributed by atoms with Gasteiger partial charge in [0, 0.05) is 0 Å². The van der Waals surface area contributed by atoms with E-state index < -0.39 is 0 Å². The monoisotopic (exact) mass is 294 g/mol. The Labute approximate surface area is 104 Å². The molecule has 0 amide bonds. The second-order valence-corrected chi connectivity index (χ2v) is 7.60. The van der Waals surface area contributed by atoms with Crippen molar-refractivity contribution in [3.05, 3.63) is 10.5 Å². The molecule has 0 saturated heterocycles. The summed E-state index contributed by atoms with van der Waals surface area (Å²) < 4.78 is -0.0808. The van der Waals surface area contributed by atoms with E-state index in [0.717, 1.165) is 12.8 Å². The molecular weight excluding hydrogens is 275 g/mol. The van der Waals surface area contributed by atoms with Crippen LogP contribution >= 0.6 is 11.6 Å². The van der Waals surface area contributed by atoms with Gasteiger partial charge in [0.1, 0.15) is 0 Å². The fourth-order valence-corrected chi connectivity index (χ4v) is 5.56. The van der Waals surface area contributed by atoms with Gasteiger partial charge in [-0.15, -0.1) is 0 Å². The molecule has 1 aliphatic heterocycles. The van der Waals surface area contributed by atoms with Crippen molar-refractivity contribution in [2.75, 3.05) is 5.88 Å². The van der Waals surface area contributed by atoms with Gasteiger partial charge >= 0.3 is 104 Å². The van der Waals surface area contributed by atoms with Crippen LogP contribution < -0.4 is 0 Å². The maximum absolute atomic E-state index is 11.4. The summed E-state index contributed by atoms with van der Waals surface area (Å²) >= 11 is 6.09. The first-order valence-corrected chi connectivity index (χ1v) is 7.82. The van der Waals surface area contributed by atoms with Crippen LogP contribution in [0.4, 0.5) is 0 Å². The number of hydrogen-bond acceptors (Lipinski definition) is 1. The summed E-state index contributed by atoms with van der Waals surface area (Å²) in [5.74, 6) is 1.66. The van der Waals surface area contributed by atoms with E-state index in [2.05, 4.69) is 25.7 Å². The summed E-state index contributed by atoms with van der Waals surface area (Å²) in [5.41, 5.74) is 1.40. The molecule has 2 atom stereocenters. The minimum absolute atomic E-state index is 0.0808. The number of carbonyl (C=O) groups is 1. The maximum atomic E-state index is 11.4. The Balaban J connectivity index is 2.75. The predicted octanol–water partition coefficient (Wildman–Crippen LogP) is 3.26. The quantitative estimate of drug-likeness (QED) is 0.432. The molecule has 0 bridgehead atoms. The first-order chi connectivity index (χ1) is 7.05. The van der Waals surface area contributed by atoms with E-state index in [9.17, 15) is 4.79 Å². The molecule has 1 heterocycles. The number of alkyl halides is 1. The van der Waals surface area contributed by atoms with Gasteiger partial charge in [-0.1, -0.05) is 0 Å². The summed E-state index contributed by atoms with van der Waals surface area (Å²) in [6.45, 7) is 6.56. The fourth-order valence-electron chi connectivity index (χ4n) is 2.13. The molecule has 0 spiro atoms. The zero-order valence-electron chi connectivity index (χ0n) is 9.63. The fraction of sp³-hybridized carbons (Fsp3) is 0.750. The minimum atomic E-state index is -0.0808. The molecular formula is C12H19ClOSe. The van der Waals surface area contributed by atoms with E-state index in [4.69, 9.17) is 11.6 Å². The van der Waals surface area contributed by atoms with E-state index in [1.54, 1.807) is 0 Å². The van der Waals surface area contributed by atoms with E-state index in [1.807, 2.05) is 0 Å². The van der Waals surface area contributed by atoms with Crippen LogP contribution in [-0.4, -0.2) is 27.1 Å².